The van der Waals surface area contributed by atoms with Gasteiger partial charge in [-0.1, -0.05) is 19.8 Å². The van der Waals surface area contributed by atoms with Crippen LogP contribution in [-0.2, 0) is 9.53 Å². The average Bonchev–Trinajstić information content (AvgIpc) is 2.78. The van der Waals surface area contributed by atoms with Gasteiger partial charge in [0.15, 0.2) is 0 Å². The summed E-state index contributed by atoms with van der Waals surface area (Å²) in [5, 5.41) is 3.01. The van der Waals surface area contributed by atoms with Crippen LogP contribution in [0.3, 0.4) is 0 Å². The van der Waals surface area contributed by atoms with Gasteiger partial charge in [-0.2, -0.15) is 0 Å². The third-order valence-electron chi connectivity index (χ3n) is 4.06. The van der Waals surface area contributed by atoms with Crippen LogP contribution in [0, 0.1) is 11.8 Å². The first kappa shape index (κ1) is 12.8. The van der Waals surface area contributed by atoms with E-state index in [4.69, 9.17) is 10.5 Å². The summed E-state index contributed by atoms with van der Waals surface area (Å²) >= 11 is 0. The van der Waals surface area contributed by atoms with E-state index in [1.807, 2.05) is 0 Å². The molecule has 2 rings (SSSR count). The molecule has 0 spiro atoms. The van der Waals surface area contributed by atoms with Gasteiger partial charge in [-0.05, 0) is 25.2 Å². The van der Waals surface area contributed by atoms with E-state index in [1.54, 1.807) is 0 Å². The summed E-state index contributed by atoms with van der Waals surface area (Å²) in [6.45, 7) is 4.49. The normalized spacial score (nSPS) is 38.0. The number of rotatable bonds is 3. The van der Waals surface area contributed by atoms with Gasteiger partial charge >= 0.3 is 0 Å². The quantitative estimate of drug-likeness (QED) is 0.775. The Morgan fingerprint density at radius 3 is 3.00 bits per heavy atom. The van der Waals surface area contributed by atoms with E-state index in [0.717, 1.165) is 38.9 Å². The number of hydrogen-bond donors (Lipinski definition) is 2. The Hall–Kier alpha value is -0.610. The van der Waals surface area contributed by atoms with Crippen LogP contribution in [0.4, 0.5) is 0 Å². The van der Waals surface area contributed by atoms with E-state index >= 15 is 0 Å². The van der Waals surface area contributed by atoms with Gasteiger partial charge in [-0.15, -0.1) is 0 Å². The van der Waals surface area contributed by atoms with Gasteiger partial charge in [0.1, 0.15) is 0 Å². The molecule has 98 valence electrons. The maximum Gasteiger partial charge on any atom is 0.240 e. The van der Waals surface area contributed by atoms with Crippen LogP contribution in [0.5, 0.6) is 0 Å². The number of hydrogen-bond acceptors (Lipinski definition) is 3. The van der Waals surface area contributed by atoms with E-state index in [2.05, 4.69) is 12.2 Å². The van der Waals surface area contributed by atoms with Gasteiger partial charge in [0.05, 0.1) is 12.1 Å². The highest BCUT2D eigenvalue weighted by atomic mass is 16.5. The average molecular weight is 240 g/mol. The van der Waals surface area contributed by atoms with Gasteiger partial charge in [-0.25, -0.2) is 0 Å². The highest BCUT2D eigenvalue weighted by Crippen LogP contribution is 2.30. The summed E-state index contributed by atoms with van der Waals surface area (Å²) in [5.74, 6) is 1.08. The maximum absolute atomic E-state index is 12.1. The molecule has 17 heavy (non-hydrogen) atoms. The zero-order valence-corrected chi connectivity index (χ0v) is 10.7. The van der Waals surface area contributed by atoms with Crippen molar-refractivity contribution in [1.29, 1.82) is 0 Å². The summed E-state index contributed by atoms with van der Waals surface area (Å²) in [6.07, 6.45) is 4.96. The Bertz CT molecular complexity index is 277. The second-order valence-electron chi connectivity index (χ2n) is 5.80. The van der Waals surface area contributed by atoms with Gasteiger partial charge in [0.25, 0.3) is 0 Å². The van der Waals surface area contributed by atoms with Crippen molar-refractivity contribution < 1.29 is 9.53 Å². The maximum atomic E-state index is 12.1. The van der Waals surface area contributed by atoms with Crippen LogP contribution in [0.2, 0.25) is 0 Å². The number of carbonyl (C=O) groups excluding carboxylic acids is 1. The molecule has 1 amide bonds. The fourth-order valence-electron chi connectivity index (χ4n) is 2.96. The molecule has 1 aliphatic heterocycles. The van der Waals surface area contributed by atoms with E-state index in [9.17, 15) is 4.79 Å². The van der Waals surface area contributed by atoms with Crippen molar-refractivity contribution in [3.8, 4) is 0 Å². The van der Waals surface area contributed by atoms with Crippen molar-refractivity contribution in [2.24, 2.45) is 17.6 Å². The third kappa shape index (κ3) is 3.19. The first-order chi connectivity index (χ1) is 8.10. The van der Waals surface area contributed by atoms with Gasteiger partial charge in [0, 0.05) is 19.1 Å². The van der Waals surface area contributed by atoms with Crippen molar-refractivity contribution >= 4 is 5.91 Å². The topological polar surface area (TPSA) is 64.4 Å². The summed E-state index contributed by atoms with van der Waals surface area (Å²) < 4.78 is 5.29. The monoisotopic (exact) mass is 240 g/mol. The third-order valence-corrected chi connectivity index (χ3v) is 4.06. The fourth-order valence-corrected chi connectivity index (χ4v) is 2.96. The Kier molecular flexibility index (Phi) is 4.05. The van der Waals surface area contributed by atoms with Crippen molar-refractivity contribution in [2.75, 3.05) is 19.8 Å². The standard InChI is InChI=1S/C13H24N2O2/c1-10-3-2-5-13(14,7-10)12(16)15-8-11-4-6-17-9-11/h10-11H,2-9,14H2,1H3,(H,15,16). The largest absolute Gasteiger partial charge is 0.381 e. The molecule has 0 radical (unpaired) electrons. The molecule has 0 aromatic heterocycles. The van der Waals surface area contributed by atoms with Crippen LogP contribution in [0.15, 0.2) is 0 Å². The molecule has 2 aliphatic rings. The zero-order valence-electron chi connectivity index (χ0n) is 10.7. The van der Waals surface area contributed by atoms with Gasteiger partial charge in [0.2, 0.25) is 5.91 Å². The second-order valence-corrected chi connectivity index (χ2v) is 5.80. The zero-order chi connectivity index (χ0) is 12.3. The molecule has 1 saturated heterocycles. The molecule has 4 heteroatoms. The van der Waals surface area contributed by atoms with Crippen LogP contribution >= 0.6 is 0 Å². The molecule has 1 saturated carbocycles. The van der Waals surface area contributed by atoms with Crippen molar-refractivity contribution in [3.05, 3.63) is 0 Å². The summed E-state index contributed by atoms with van der Waals surface area (Å²) in [6, 6.07) is 0. The SMILES string of the molecule is CC1CCCC(N)(C(=O)NCC2CCOC2)C1. The first-order valence-electron chi connectivity index (χ1n) is 6.75. The lowest BCUT2D eigenvalue weighted by molar-refractivity contribution is -0.128. The first-order valence-corrected chi connectivity index (χ1v) is 6.75. The predicted octanol–water partition coefficient (Wildman–Crippen LogP) is 1.05. The molecule has 4 nitrogen and oxygen atoms in total. The fraction of sp³-hybridized carbons (Fsp3) is 0.923. The molecule has 0 aromatic rings. The predicted molar refractivity (Wildman–Crippen MR) is 66.5 cm³/mol. The van der Waals surface area contributed by atoms with Crippen LogP contribution in [0.1, 0.15) is 39.0 Å². The highest BCUT2D eigenvalue weighted by Gasteiger charge is 2.38. The lowest BCUT2D eigenvalue weighted by atomic mass is 9.76. The van der Waals surface area contributed by atoms with E-state index < -0.39 is 5.54 Å². The van der Waals surface area contributed by atoms with Crippen molar-refractivity contribution in [2.45, 2.75) is 44.6 Å². The molecule has 3 unspecified atom stereocenters. The van der Waals surface area contributed by atoms with Gasteiger partial charge < -0.3 is 15.8 Å². The van der Waals surface area contributed by atoms with Crippen LogP contribution in [0.25, 0.3) is 0 Å². The number of nitrogens with one attached hydrogen (secondary N) is 1. The molecule has 2 fully saturated rings. The Morgan fingerprint density at radius 2 is 2.35 bits per heavy atom. The molecule has 3 N–H and O–H groups in total. The van der Waals surface area contributed by atoms with E-state index in [1.165, 1.54) is 6.42 Å². The van der Waals surface area contributed by atoms with Crippen LogP contribution in [-0.4, -0.2) is 31.2 Å². The molecule has 1 aliphatic carbocycles. The second kappa shape index (κ2) is 5.36. The van der Waals surface area contributed by atoms with E-state index in [0.29, 0.717) is 18.4 Å². The molecular weight excluding hydrogens is 216 g/mol. The van der Waals surface area contributed by atoms with Crippen LogP contribution < -0.4 is 11.1 Å². The summed E-state index contributed by atoms with van der Waals surface area (Å²) in [7, 11) is 0. The number of amides is 1. The smallest absolute Gasteiger partial charge is 0.240 e. The molecular formula is C13H24N2O2. The minimum absolute atomic E-state index is 0.0379. The summed E-state index contributed by atoms with van der Waals surface area (Å²) in [5.41, 5.74) is 5.61. The minimum atomic E-state index is -0.628. The number of nitrogens with two attached hydrogens (primary N) is 1. The highest BCUT2D eigenvalue weighted by molar-refractivity contribution is 5.86. The van der Waals surface area contributed by atoms with E-state index in [-0.39, 0.29) is 5.91 Å². The van der Waals surface area contributed by atoms with Crippen molar-refractivity contribution in [3.63, 3.8) is 0 Å². The Balaban J connectivity index is 1.81. The van der Waals surface area contributed by atoms with Gasteiger partial charge in [-0.3, -0.25) is 4.79 Å². The number of carbonyl (C=O) groups is 1. The molecule has 3 atom stereocenters. The molecule has 0 aromatic carbocycles. The lowest BCUT2D eigenvalue weighted by Gasteiger charge is -2.35. The van der Waals surface area contributed by atoms with Crippen molar-refractivity contribution in [1.82, 2.24) is 5.32 Å². The number of ether oxygens (including phenoxy) is 1. The molecule has 0 bridgehead atoms. The Labute approximate surface area is 103 Å². The summed E-state index contributed by atoms with van der Waals surface area (Å²) in [4.78, 5) is 12.1. The lowest BCUT2D eigenvalue weighted by Crippen LogP contribution is -2.56. The minimum Gasteiger partial charge on any atom is -0.381 e. The Morgan fingerprint density at radius 1 is 1.53 bits per heavy atom. The molecule has 1 heterocycles.